The Labute approximate surface area is 115 Å². The lowest BCUT2D eigenvalue weighted by molar-refractivity contribution is -0.384. The number of carbonyl (C=O) groups excluding carboxylic acids is 1. The van der Waals surface area contributed by atoms with E-state index in [0.717, 1.165) is 0 Å². The zero-order valence-corrected chi connectivity index (χ0v) is 11.7. The van der Waals surface area contributed by atoms with Gasteiger partial charge >= 0.3 is 0 Å². The second-order valence-corrected chi connectivity index (χ2v) is 5.82. The molecule has 7 heteroatoms. The number of nitro groups is 1. The van der Waals surface area contributed by atoms with E-state index in [1.165, 1.54) is 36.0 Å². The van der Waals surface area contributed by atoms with Gasteiger partial charge in [0, 0.05) is 29.1 Å². The average molecular weight is 283 g/mol. The highest BCUT2D eigenvalue weighted by Gasteiger charge is 2.12. The van der Waals surface area contributed by atoms with Gasteiger partial charge < -0.3 is 11.1 Å². The Morgan fingerprint density at radius 2 is 2.00 bits per heavy atom. The molecular weight excluding hydrogens is 266 g/mol. The Hall–Kier alpha value is -1.60. The first-order valence-corrected chi connectivity index (χ1v) is 6.84. The summed E-state index contributed by atoms with van der Waals surface area (Å²) in [5, 5.41) is 13.1. The lowest BCUT2D eigenvalue weighted by Gasteiger charge is -2.17. The minimum atomic E-state index is -0.481. The van der Waals surface area contributed by atoms with Crippen LogP contribution in [0.25, 0.3) is 0 Å². The molecule has 0 aromatic heterocycles. The summed E-state index contributed by atoms with van der Waals surface area (Å²) in [5.41, 5.74) is 6.04. The van der Waals surface area contributed by atoms with Crippen LogP contribution in [0.5, 0.6) is 0 Å². The Bertz CT molecular complexity index is 454. The third-order valence-corrected chi connectivity index (χ3v) is 3.48. The van der Waals surface area contributed by atoms with Crippen LogP contribution >= 0.6 is 11.8 Å². The van der Waals surface area contributed by atoms with Crippen LogP contribution in [0, 0.1) is 10.1 Å². The molecule has 1 rings (SSSR count). The van der Waals surface area contributed by atoms with E-state index >= 15 is 0 Å². The van der Waals surface area contributed by atoms with Crippen LogP contribution in [-0.4, -0.2) is 27.9 Å². The van der Waals surface area contributed by atoms with Crippen LogP contribution in [-0.2, 0) is 4.79 Å². The predicted molar refractivity (Wildman–Crippen MR) is 77.3 cm³/mol. The van der Waals surface area contributed by atoms with E-state index in [9.17, 15) is 14.9 Å². The largest absolute Gasteiger partial charge is 0.325 e. The lowest BCUT2D eigenvalue weighted by atomic mass is 10.1. The van der Waals surface area contributed by atoms with Gasteiger partial charge in [-0.3, -0.25) is 14.9 Å². The van der Waals surface area contributed by atoms with E-state index in [0.29, 0.717) is 17.2 Å². The maximum atomic E-state index is 11.6. The van der Waals surface area contributed by atoms with E-state index in [1.54, 1.807) is 0 Å². The standard InChI is InChI=1S/C12H17N3O3S/c1-12(2,13)8-19-7-11(16)14-9-3-5-10(6-4-9)15(17)18/h3-6H,7-8,13H2,1-2H3,(H,14,16). The number of nitrogens with two attached hydrogens (primary N) is 1. The molecule has 0 fully saturated rings. The van der Waals surface area contributed by atoms with Crippen molar-refractivity contribution in [1.29, 1.82) is 0 Å². The van der Waals surface area contributed by atoms with Crippen LogP contribution in [0.2, 0.25) is 0 Å². The summed E-state index contributed by atoms with van der Waals surface area (Å²) in [4.78, 5) is 21.6. The highest BCUT2D eigenvalue weighted by atomic mass is 32.2. The van der Waals surface area contributed by atoms with Crippen LogP contribution < -0.4 is 11.1 Å². The molecule has 0 radical (unpaired) electrons. The van der Waals surface area contributed by atoms with Gasteiger partial charge in [-0.2, -0.15) is 11.8 Å². The lowest BCUT2D eigenvalue weighted by Crippen LogP contribution is -2.35. The van der Waals surface area contributed by atoms with Crippen molar-refractivity contribution in [1.82, 2.24) is 0 Å². The van der Waals surface area contributed by atoms with Crippen molar-refractivity contribution in [3.8, 4) is 0 Å². The van der Waals surface area contributed by atoms with Gasteiger partial charge in [0.1, 0.15) is 0 Å². The van der Waals surface area contributed by atoms with Gasteiger partial charge in [0.2, 0.25) is 5.91 Å². The molecule has 6 nitrogen and oxygen atoms in total. The van der Waals surface area contributed by atoms with Crippen LogP contribution in [0.4, 0.5) is 11.4 Å². The number of amides is 1. The zero-order chi connectivity index (χ0) is 14.5. The molecule has 19 heavy (non-hydrogen) atoms. The second-order valence-electron chi connectivity index (χ2n) is 4.83. The van der Waals surface area contributed by atoms with Gasteiger partial charge in [-0.25, -0.2) is 0 Å². The molecule has 0 aliphatic heterocycles. The van der Waals surface area contributed by atoms with Gasteiger partial charge in [0.05, 0.1) is 10.7 Å². The molecule has 1 aromatic carbocycles. The summed E-state index contributed by atoms with van der Waals surface area (Å²) in [5.74, 6) is 0.835. The fraction of sp³-hybridized carbons (Fsp3) is 0.417. The normalized spacial score (nSPS) is 11.1. The Kier molecular flexibility index (Phi) is 5.31. The Morgan fingerprint density at radius 1 is 1.42 bits per heavy atom. The molecule has 0 heterocycles. The van der Waals surface area contributed by atoms with E-state index in [-0.39, 0.29) is 17.1 Å². The summed E-state index contributed by atoms with van der Waals surface area (Å²) in [7, 11) is 0. The molecule has 0 saturated carbocycles. The van der Waals surface area contributed by atoms with Crippen molar-refractivity contribution < 1.29 is 9.72 Å². The molecule has 0 aliphatic rings. The number of nitrogens with zero attached hydrogens (tertiary/aromatic N) is 1. The van der Waals surface area contributed by atoms with Crippen molar-refractivity contribution >= 4 is 29.0 Å². The number of thioether (sulfide) groups is 1. The van der Waals surface area contributed by atoms with Crippen LogP contribution in [0.15, 0.2) is 24.3 Å². The molecular formula is C12H17N3O3S. The fourth-order valence-corrected chi connectivity index (χ4v) is 2.16. The van der Waals surface area contributed by atoms with Crippen molar-refractivity contribution in [3.63, 3.8) is 0 Å². The van der Waals surface area contributed by atoms with Crippen LogP contribution in [0.1, 0.15) is 13.8 Å². The third-order valence-electron chi connectivity index (χ3n) is 2.07. The van der Waals surface area contributed by atoms with E-state index in [2.05, 4.69) is 5.32 Å². The summed E-state index contributed by atoms with van der Waals surface area (Å²) in [6.45, 7) is 3.79. The molecule has 0 unspecified atom stereocenters. The zero-order valence-electron chi connectivity index (χ0n) is 10.9. The minimum Gasteiger partial charge on any atom is -0.325 e. The quantitative estimate of drug-likeness (QED) is 0.614. The monoisotopic (exact) mass is 283 g/mol. The number of benzene rings is 1. The number of nitrogens with one attached hydrogen (secondary N) is 1. The molecule has 1 aromatic rings. The number of non-ortho nitro benzene ring substituents is 1. The summed E-state index contributed by atoms with van der Waals surface area (Å²) in [6.07, 6.45) is 0. The van der Waals surface area contributed by atoms with Gasteiger partial charge in [-0.05, 0) is 26.0 Å². The van der Waals surface area contributed by atoms with Gasteiger partial charge in [-0.15, -0.1) is 0 Å². The number of carbonyl (C=O) groups is 1. The first kappa shape index (κ1) is 15.5. The van der Waals surface area contributed by atoms with Gasteiger partial charge in [0.15, 0.2) is 0 Å². The SMILES string of the molecule is CC(C)(N)CSCC(=O)Nc1ccc([N+](=O)[O-])cc1. The Balaban J connectivity index is 2.42. The van der Waals surface area contributed by atoms with Crippen molar-refractivity contribution in [2.75, 3.05) is 16.8 Å². The second kappa shape index (κ2) is 6.53. The van der Waals surface area contributed by atoms with E-state index < -0.39 is 4.92 Å². The molecule has 1 amide bonds. The molecule has 0 aliphatic carbocycles. The van der Waals surface area contributed by atoms with E-state index in [1.807, 2.05) is 13.8 Å². The summed E-state index contributed by atoms with van der Waals surface area (Å²) < 4.78 is 0. The summed E-state index contributed by atoms with van der Waals surface area (Å²) in [6, 6.07) is 5.72. The number of hydrogen-bond donors (Lipinski definition) is 2. The highest BCUT2D eigenvalue weighted by Crippen LogP contribution is 2.16. The number of rotatable bonds is 6. The van der Waals surface area contributed by atoms with E-state index in [4.69, 9.17) is 5.73 Å². The molecule has 104 valence electrons. The predicted octanol–water partition coefficient (Wildman–Crippen LogP) is 2.00. The van der Waals surface area contributed by atoms with Crippen LogP contribution in [0.3, 0.4) is 0 Å². The number of hydrogen-bond acceptors (Lipinski definition) is 5. The molecule has 0 bridgehead atoms. The van der Waals surface area contributed by atoms with Crippen molar-refractivity contribution in [2.24, 2.45) is 5.73 Å². The molecule has 0 spiro atoms. The molecule has 0 atom stereocenters. The molecule has 0 saturated heterocycles. The maximum absolute atomic E-state index is 11.6. The minimum absolute atomic E-state index is 0.00254. The highest BCUT2D eigenvalue weighted by molar-refractivity contribution is 8.00. The average Bonchev–Trinajstić information content (AvgIpc) is 2.27. The molecule has 3 N–H and O–H groups in total. The third kappa shape index (κ3) is 6.21. The number of nitro benzene ring substituents is 1. The fourth-order valence-electron chi connectivity index (χ4n) is 1.27. The van der Waals surface area contributed by atoms with Crippen molar-refractivity contribution in [2.45, 2.75) is 19.4 Å². The van der Waals surface area contributed by atoms with Gasteiger partial charge in [0.25, 0.3) is 5.69 Å². The first-order valence-electron chi connectivity index (χ1n) is 5.69. The Morgan fingerprint density at radius 3 is 2.47 bits per heavy atom. The summed E-state index contributed by atoms with van der Waals surface area (Å²) >= 11 is 1.45. The van der Waals surface area contributed by atoms with Crippen molar-refractivity contribution in [3.05, 3.63) is 34.4 Å². The first-order chi connectivity index (χ1) is 8.78. The number of anilines is 1. The van der Waals surface area contributed by atoms with Gasteiger partial charge in [-0.1, -0.05) is 0 Å². The smallest absolute Gasteiger partial charge is 0.269 e. The topological polar surface area (TPSA) is 98.3 Å². The maximum Gasteiger partial charge on any atom is 0.269 e.